The molecule has 0 aliphatic carbocycles. The molecule has 1 amide bonds. The summed E-state index contributed by atoms with van der Waals surface area (Å²) >= 11 is 0. The third-order valence-corrected chi connectivity index (χ3v) is 4.53. The maximum atomic E-state index is 12.3. The summed E-state index contributed by atoms with van der Waals surface area (Å²) in [6.45, 7) is 1.81. The van der Waals surface area contributed by atoms with Crippen molar-refractivity contribution in [3.63, 3.8) is 0 Å². The second-order valence-electron chi connectivity index (χ2n) is 6.16. The molecule has 0 unspecified atom stereocenters. The zero-order chi connectivity index (χ0) is 19.4. The second-order valence-corrected chi connectivity index (χ2v) is 7.90. The number of nitrogens with one attached hydrogen (secondary N) is 2. The quantitative estimate of drug-likeness (QED) is 0.525. The maximum absolute atomic E-state index is 12.3. The fraction of sp³-hybridized carbons (Fsp3) is 0.100. The Morgan fingerprint density at radius 3 is 2.37 bits per heavy atom. The zero-order valence-electron chi connectivity index (χ0n) is 14.9. The normalized spacial score (nSPS) is 12.0. The number of benzene rings is 3. The number of nitrogens with zero attached hydrogens (tertiary/aromatic N) is 1. The van der Waals surface area contributed by atoms with Gasteiger partial charge >= 0.3 is 0 Å². The van der Waals surface area contributed by atoms with Gasteiger partial charge in [0.2, 0.25) is 10.0 Å². The molecule has 138 valence electrons. The average molecular weight is 381 g/mol. The third kappa shape index (κ3) is 4.92. The minimum atomic E-state index is -3.41. The number of rotatable bonds is 5. The molecule has 0 saturated carbocycles. The molecule has 7 heteroatoms. The van der Waals surface area contributed by atoms with Gasteiger partial charge in [-0.25, -0.2) is 13.8 Å². The molecule has 0 radical (unpaired) electrons. The lowest BCUT2D eigenvalue weighted by Gasteiger charge is -2.07. The number of carbonyl (C=O) groups is 1. The molecule has 3 aromatic rings. The van der Waals surface area contributed by atoms with Crippen LogP contribution in [0.25, 0.3) is 10.8 Å². The van der Waals surface area contributed by atoms with Crippen molar-refractivity contribution >= 4 is 38.1 Å². The van der Waals surface area contributed by atoms with E-state index in [2.05, 4.69) is 15.2 Å². The fourth-order valence-electron chi connectivity index (χ4n) is 2.62. The van der Waals surface area contributed by atoms with E-state index in [1.54, 1.807) is 18.2 Å². The van der Waals surface area contributed by atoms with E-state index in [1.807, 2.05) is 49.4 Å². The lowest BCUT2D eigenvalue weighted by atomic mass is 10.0. The van der Waals surface area contributed by atoms with Crippen molar-refractivity contribution in [1.82, 2.24) is 5.43 Å². The first kappa shape index (κ1) is 18.6. The van der Waals surface area contributed by atoms with Gasteiger partial charge in [0.05, 0.1) is 12.0 Å². The second kappa shape index (κ2) is 7.59. The summed E-state index contributed by atoms with van der Waals surface area (Å²) < 4.78 is 25.0. The highest BCUT2D eigenvalue weighted by molar-refractivity contribution is 7.92. The Labute approximate surface area is 158 Å². The number of sulfonamides is 1. The van der Waals surface area contributed by atoms with Crippen LogP contribution in [0.1, 0.15) is 22.8 Å². The van der Waals surface area contributed by atoms with Gasteiger partial charge in [0.1, 0.15) is 0 Å². The van der Waals surface area contributed by atoms with E-state index in [1.165, 1.54) is 6.07 Å². The van der Waals surface area contributed by atoms with Crippen molar-refractivity contribution in [1.29, 1.82) is 0 Å². The standard InChI is InChI=1S/C20H19N3O3S/c1-14(16-11-10-15-6-3-4-7-17(15)12-16)21-22-20(24)18-8-5-9-19(13-18)23-27(2,25)26/h3-13,23H,1-2H3,(H,22,24). The Balaban J connectivity index is 1.76. The topological polar surface area (TPSA) is 87.6 Å². The van der Waals surface area contributed by atoms with Crippen LogP contribution in [-0.2, 0) is 10.0 Å². The highest BCUT2D eigenvalue weighted by Crippen LogP contribution is 2.16. The molecule has 0 aliphatic rings. The minimum Gasteiger partial charge on any atom is -0.284 e. The lowest BCUT2D eigenvalue weighted by Crippen LogP contribution is -2.19. The van der Waals surface area contributed by atoms with Crippen LogP contribution in [-0.4, -0.2) is 26.3 Å². The van der Waals surface area contributed by atoms with Crippen LogP contribution >= 0.6 is 0 Å². The van der Waals surface area contributed by atoms with E-state index in [4.69, 9.17) is 0 Å². The summed E-state index contributed by atoms with van der Waals surface area (Å²) in [5.41, 5.74) is 4.70. The van der Waals surface area contributed by atoms with Gasteiger partial charge in [0.15, 0.2) is 0 Å². The summed E-state index contributed by atoms with van der Waals surface area (Å²) in [5.74, 6) is -0.424. The first-order valence-corrected chi connectivity index (χ1v) is 10.1. The predicted molar refractivity (Wildman–Crippen MR) is 109 cm³/mol. The molecule has 0 atom stereocenters. The van der Waals surface area contributed by atoms with Crippen LogP contribution in [0.15, 0.2) is 71.8 Å². The first-order chi connectivity index (χ1) is 12.8. The SMILES string of the molecule is CC(=NNC(=O)c1cccc(NS(C)(=O)=O)c1)c1ccc2ccccc2c1. The van der Waals surface area contributed by atoms with Crippen LogP contribution in [0.2, 0.25) is 0 Å². The third-order valence-electron chi connectivity index (χ3n) is 3.92. The van der Waals surface area contributed by atoms with Crippen LogP contribution in [0.3, 0.4) is 0 Å². The van der Waals surface area contributed by atoms with Crippen molar-refractivity contribution in [2.75, 3.05) is 11.0 Å². The summed E-state index contributed by atoms with van der Waals surface area (Å²) in [4.78, 5) is 12.3. The van der Waals surface area contributed by atoms with Gasteiger partial charge in [-0.3, -0.25) is 9.52 Å². The number of anilines is 1. The molecule has 0 aliphatic heterocycles. The molecule has 0 aromatic heterocycles. The lowest BCUT2D eigenvalue weighted by molar-refractivity contribution is 0.0955. The van der Waals surface area contributed by atoms with Crippen molar-refractivity contribution in [2.45, 2.75) is 6.92 Å². The van der Waals surface area contributed by atoms with E-state index in [-0.39, 0.29) is 0 Å². The number of hydrazone groups is 1. The van der Waals surface area contributed by atoms with E-state index in [9.17, 15) is 13.2 Å². The van der Waals surface area contributed by atoms with Crippen molar-refractivity contribution in [3.05, 3.63) is 77.9 Å². The summed E-state index contributed by atoms with van der Waals surface area (Å²) in [6.07, 6.45) is 1.05. The molecule has 3 rings (SSSR count). The average Bonchev–Trinajstić information content (AvgIpc) is 2.64. The number of hydrogen-bond acceptors (Lipinski definition) is 4. The Morgan fingerprint density at radius 2 is 1.63 bits per heavy atom. The zero-order valence-corrected chi connectivity index (χ0v) is 15.7. The molecule has 0 saturated heterocycles. The van der Waals surface area contributed by atoms with Crippen LogP contribution in [0.5, 0.6) is 0 Å². The molecule has 2 N–H and O–H groups in total. The van der Waals surface area contributed by atoms with Crippen molar-refractivity contribution < 1.29 is 13.2 Å². The molecule has 0 bridgehead atoms. The highest BCUT2D eigenvalue weighted by atomic mass is 32.2. The van der Waals surface area contributed by atoms with E-state index in [0.717, 1.165) is 22.6 Å². The molecule has 0 spiro atoms. The van der Waals surface area contributed by atoms with Crippen LogP contribution in [0.4, 0.5) is 5.69 Å². The van der Waals surface area contributed by atoms with Gasteiger partial charge in [-0.2, -0.15) is 5.10 Å². The Bertz CT molecular complexity index is 1140. The van der Waals surface area contributed by atoms with Gasteiger partial charge in [-0.15, -0.1) is 0 Å². The molecule has 0 heterocycles. The fourth-order valence-corrected chi connectivity index (χ4v) is 3.17. The molecule has 6 nitrogen and oxygen atoms in total. The predicted octanol–water partition coefficient (Wildman–Crippen LogP) is 3.37. The monoisotopic (exact) mass is 381 g/mol. The number of carbonyl (C=O) groups excluding carboxylic acids is 1. The smallest absolute Gasteiger partial charge is 0.271 e. The van der Waals surface area contributed by atoms with E-state index in [0.29, 0.717) is 17.0 Å². The summed E-state index contributed by atoms with van der Waals surface area (Å²) in [5, 5.41) is 6.39. The van der Waals surface area contributed by atoms with Crippen molar-refractivity contribution in [2.24, 2.45) is 5.10 Å². The maximum Gasteiger partial charge on any atom is 0.271 e. The highest BCUT2D eigenvalue weighted by Gasteiger charge is 2.08. The number of fused-ring (bicyclic) bond motifs is 1. The molecule has 27 heavy (non-hydrogen) atoms. The molecule has 0 fully saturated rings. The molecule has 3 aromatic carbocycles. The molecular formula is C20H19N3O3S. The van der Waals surface area contributed by atoms with Crippen LogP contribution < -0.4 is 10.1 Å². The van der Waals surface area contributed by atoms with E-state index < -0.39 is 15.9 Å². The summed E-state index contributed by atoms with van der Waals surface area (Å²) in [7, 11) is -3.41. The minimum absolute atomic E-state index is 0.304. The summed E-state index contributed by atoms with van der Waals surface area (Å²) in [6, 6.07) is 20.2. The first-order valence-electron chi connectivity index (χ1n) is 8.23. The van der Waals surface area contributed by atoms with E-state index >= 15 is 0 Å². The van der Waals surface area contributed by atoms with Gasteiger partial charge in [0.25, 0.3) is 5.91 Å². The van der Waals surface area contributed by atoms with Crippen LogP contribution in [0, 0.1) is 0 Å². The van der Waals surface area contributed by atoms with Gasteiger partial charge in [-0.05, 0) is 47.5 Å². The Hall–Kier alpha value is -3.19. The largest absolute Gasteiger partial charge is 0.284 e. The van der Waals surface area contributed by atoms with Crippen molar-refractivity contribution in [3.8, 4) is 0 Å². The van der Waals surface area contributed by atoms with Gasteiger partial charge in [-0.1, -0.05) is 42.5 Å². The Kier molecular flexibility index (Phi) is 5.23. The number of amides is 1. The Morgan fingerprint density at radius 1 is 0.889 bits per heavy atom. The van der Waals surface area contributed by atoms with Gasteiger partial charge < -0.3 is 0 Å². The molecular weight excluding hydrogens is 362 g/mol. The van der Waals surface area contributed by atoms with Gasteiger partial charge in [0, 0.05) is 11.3 Å². The number of hydrogen-bond donors (Lipinski definition) is 2.